The highest BCUT2D eigenvalue weighted by molar-refractivity contribution is 7.22. The molecule has 0 spiro atoms. The first-order chi connectivity index (χ1) is 11.6. The quantitative estimate of drug-likeness (QED) is 0.921. The molecule has 1 saturated heterocycles. The van der Waals surface area contributed by atoms with Gasteiger partial charge in [0, 0.05) is 25.4 Å². The maximum Gasteiger partial charge on any atom is 0.229 e. The molecule has 0 bridgehead atoms. The molecule has 1 fully saturated rings. The number of aromatic nitrogens is 1. The van der Waals surface area contributed by atoms with Crippen molar-refractivity contribution in [1.82, 2.24) is 9.88 Å². The normalized spacial score (nSPS) is 15.7. The van der Waals surface area contributed by atoms with E-state index in [2.05, 4.69) is 16.4 Å². The predicted molar refractivity (Wildman–Crippen MR) is 97.2 cm³/mol. The molecule has 1 aromatic carbocycles. The smallest absolute Gasteiger partial charge is 0.229 e. The summed E-state index contributed by atoms with van der Waals surface area (Å²) in [5, 5.41) is 3.61. The number of likely N-dealkylation sites (tertiary alicyclic amines) is 1. The second-order valence-electron chi connectivity index (χ2n) is 6.38. The van der Waals surface area contributed by atoms with Crippen LogP contribution in [0.2, 0.25) is 0 Å². The second-order valence-corrected chi connectivity index (χ2v) is 7.42. The van der Waals surface area contributed by atoms with Crippen LogP contribution in [0.4, 0.5) is 5.13 Å². The topological polar surface area (TPSA) is 62.3 Å². The first-order valence-corrected chi connectivity index (χ1v) is 9.34. The monoisotopic (exact) mass is 345 g/mol. The molecule has 0 aliphatic carbocycles. The lowest BCUT2D eigenvalue weighted by atomic mass is 9.96. The van der Waals surface area contributed by atoms with Crippen LogP contribution < -0.4 is 5.32 Å². The van der Waals surface area contributed by atoms with Crippen LogP contribution >= 0.6 is 11.3 Å². The Hall–Kier alpha value is -1.95. The van der Waals surface area contributed by atoms with Gasteiger partial charge in [-0.1, -0.05) is 24.3 Å². The van der Waals surface area contributed by atoms with Gasteiger partial charge in [0.25, 0.3) is 0 Å². The molecule has 6 heteroatoms. The molecule has 3 rings (SSSR count). The number of amides is 2. The molecule has 0 radical (unpaired) electrons. The number of carbonyl (C=O) groups excluding carboxylic acids is 2. The standard InChI is InChI=1S/C18H23N3O2S/c1-3-4-16(22)21-9-7-13(8-10-21)17(23)20-18-19-14-6-5-12(2)11-15(14)24-18/h5-6,11,13H,3-4,7-10H2,1-2H3,(H,19,20,23). The molecular weight excluding hydrogens is 322 g/mol. The van der Waals surface area contributed by atoms with Gasteiger partial charge < -0.3 is 10.2 Å². The van der Waals surface area contributed by atoms with Crippen molar-refractivity contribution in [3.63, 3.8) is 0 Å². The lowest BCUT2D eigenvalue weighted by Crippen LogP contribution is -2.41. The van der Waals surface area contributed by atoms with E-state index in [-0.39, 0.29) is 17.7 Å². The third-order valence-corrected chi connectivity index (χ3v) is 5.39. The summed E-state index contributed by atoms with van der Waals surface area (Å²) in [5.74, 6) is 0.190. The number of benzene rings is 1. The molecule has 0 unspecified atom stereocenters. The molecule has 24 heavy (non-hydrogen) atoms. The number of nitrogens with zero attached hydrogens (tertiary/aromatic N) is 2. The van der Waals surface area contributed by atoms with Crippen molar-refractivity contribution in [2.75, 3.05) is 18.4 Å². The lowest BCUT2D eigenvalue weighted by molar-refractivity contribution is -0.134. The van der Waals surface area contributed by atoms with Crippen LogP contribution in [0.25, 0.3) is 10.2 Å². The summed E-state index contributed by atoms with van der Waals surface area (Å²) in [6.45, 7) is 5.41. The first kappa shape index (κ1) is 16.9. The van der Waals surface area contributed by atoms with Crippen molar-refractivity contribution in [3.05, 3.63) is 23.8 Å². The molecule has 0 atom stereocenters. The summed E-state index contributed by atoms with van der Waals surface area (Å²) in [4.78, 5) is 30.7. The third-order valence-electron chi connectivity index (χ3n) is 4.46. The van der Waals surface area contributed by atoms with Gasteiger partial charge in [-0.05, 0) is 43.9 Å². The Bertz CT molecular complexity index is 748. The molecule has 2 aromatic rings. The minimum atomic E-state index is -0.0376. The van der Waals surface area contributed by atoms with Crippen LogP contribution in [0.5, 0.6) is 0 Å². The minimum Gasteiger partial charge on any atom is -0.343 e. The molecule has 1 aliphatic rings. The number of fused-ring (bicyclic) bond motifs is 1. The van der Waals surface area contributed by atoms with Crippen LogP contribution in [0.3, 0.4) is 0 Å². The summed E-state index contributed by atoms with van der Waals surface area (Å²) >= 11 is 1.51. The average molecular weight is 345 g/mol. The van der Waals surface area contributed by atoms with E-state index in [4.69, 9.17) is 0 Å². The number of anilines is 1. The van der Waals surface area contributed by atoms with Gasteiger partial charge in [0.2, 0.25) is 11.8 Å². The molecule has 0 saturated carbocycles. The fourth-order valence-corrected chi connectivity index (χ4v) is 4.02. The summed E-state index contributed by atoms with van der Waals surface area (Å²) < 4.78 is 1.09. The van der Waals surface area contributed by atoms with E-state index in [1.165, 1.54) is 16.9 Å². The van der Waals surface area contributed by atoms with E-state index >= 15 is 0 Å². The minimum absolute atomic E-state index is 0.0216. The molecule has 5 nitrogen and oxygen atoms in total. The van der Waals surface area contributed by atoms with E-state index in [0.29, 0.717) is 24.6 Å². The summed E-state index contributed by atoms with van der Waals surface area (Å²) in [7, 11) is 0. The van der Waals surface area contributed by atoms with E-state index in [1.807, 2.05) is 30.9 Å². The molecule has 1 aromatic heterocycles. The Balaban J connectivity index is 1.58. The number of hydrogen-bond donors (Lipinski definition) is 1. The van der Waals surface area contributed by atoms with E-state index in [1.54, 1.807) is 0 Å². The highest BCUT2D eigenvalue weighted by atomic mass is 32.1. The first-order valence-electron chi connectivity index (χ1n) is 8.52. The number of aryl methyl sites for hydroxylation is 1. The van der Waals surface area contributed by atoms with Gasteiger partial charge in [0.1, 0.15) is 0 Å². The van der Waals surface area contributed by atoms with Gasteiger partial charge in [-0.3, -0.25) is 9.59 Å². The van der Waals surface area contributed by atoms with Crippen LogP contribution in [0.1, 0.15) is 38.2 Å². The van der Waals surface area contributed by atoms with Crippen molar-refractivity contribution >= 4 is 38.5 Å². The lowest BCUT2D eigenvalue weighted by Gasteiger charge is -2.31. The zero-order chi connectivity index (χ0) is 17.1. The van der Waals surface area contributed by atoms with Gasteiger partial charge in [0.15, 0.2) is 5.13 Å². The zero-order valence-corrected chi connectivity index (χ0v) is 15.0. The molecule has 128 valence electrons. The molecule has 2 amide bonds. The van der Waals surface area contributed by atoms with Crippen molar-refractivity contribution in [2.45, 2.75) is 39.5 Å². The Morgan fingerprint density at radius 1 is 1.33 bits per heavy atom. The second kappa shape index (κ2) is 7.30. The van der Waals surface area contributed by atoms with Crippen LogP contribution in [-0.4, -0.2) is 34.8 Å². The number of nitrogens with one attached hydrogen (secondary N) is 1. The summed E-state index contributed by atoms with van der Waals surface area (Å²) in [5.41, 5.74) is 2.11. The fraction of sp³-hybridized carbons (Fsp3) is 0.500. The van der Waals surface area contributed by atoms with Crippen molar-refractivity contribution in [2.24, 2.45) is 5.92 Å². The number of piperidine rings is 1. The Kier molecular flexibility index (Phi) is 5.14. The van der Waals surface area contributed by atoms with Crippen LogP contribution in [0.15, 0.2) is 18.2 Å². The highest BCUT2D eigenvalue weighted by Gasteiger charge is 2.27. The molecular formula is C18H23N3O2S. The third kappa shape index (κ3) is 3.75. The van der Waals surface area contributed by atoms with Crippen LogP contribution in [0, 0.1) is 12.8 Å². The largest absolute Gasteiger partial charge is 0.343 e. The van der Waals surface area contributed by atoms with Crippen molar-refractivity contribution in [1.29, 1.82) is 0 Å². The maximum atomic E-state index is 12.5. The van der Waals surface area contributed by atoms with Gasteiger partial charge in [-0.2, -0.15) is 0 Å². The maximum absolute atomic E-state index is 12.5. The summed E-state index contributed by atoms with van der Waals surface area (Å²) in [6.07, 6.45) is 2.93. The number of hydrogen-bond acceptors (Lipinski definition) is 4. The van der Waals surface area contributed by atoms with Crippen molar-refractivity contribution in [3.8, 4) is 0 Å². The fourth-order valence-electron chi connectivity index (χ4n) is 3.06. The van der Waals surface area contributed by atoms with Gasteiger partial charge in [0.05, 0.1) is 10.2 Å². The van der Waals surface area contributed by atoms with Crippen LogP contribution in [-0.2, 0) is 9.59 Å². The van der Waals surface area contributed by atoms with Crippen molar-refractivity contribution < 1.29 is 9.59 Å². The number of rotatable bonds is 4. The molecule has 1 aliphatic heterocycles. The summed E-state index contributed by atoms with van der Waals surface area (Å²) in [6, 6.07) is 6.09. The van der Waals surface area contributed by atoms with Gasteiger partial charge >= 0.3 is 0 Å². The highest BCUT2D eigenvalue weighted by Crippen LogP contribution is 2.28. The SMILES string of the molecule is CCCC(=O)N1CCC(C(=O)Nc2nc3ccc(C)cc3s2)CC1. The van der Waals surface area contributed by atoms with Gasteiger partial charge in [-0.15, -0.1) is 0 Å². The number of thiazole rings is 1. The van der Waals surface area contributed by atoms with E-state index in [9.17, 15) is 9.59 Å². The number of carbonyl (C=O) groups is 2. The Morgan fingerprint density at radius 2 is 2.08 bits per heavy atom. The Labute approximate surface area is 146 Å². The predicted octanol–water partition coefficient (Wildman–Crippen LogP) is 3.58. The Morgan fingerprint density at radius 3 is 2.79 bits per heavy atom. The molecule has 2 heterocycles. The molecule has 1 N–H and O–H groups in total. The zero-order valence-electron chi connectivity index (χ0n) is 14.2. The van der Waals surface area contributed by atoms with E-state index < -0.39 is 0 Å². The van der Waals surface area contributed by atoms with Gasteiger partial charge in [-0.25, -0.2) is 4.98 Å². The van der Waals surface area contributed by atoms with E-state index in [0.717, 1.165) is 29.5 Å². The average Bonchev–Trinajstić information content (AvgIpc) is 2.96.